The summed E-state index contributed by atoms with van der Waals surface area (Å²) >= 11 is 0. The Morgan fingerprint density at radius 3 is 2.30 bits per heavy atom. The van der Waals surface area contributed by atoms with Gasteiger partial charge in [-0.25, -0.2) is 0 Å². The molecule has 27 heavy (non-hydrogen) atoms. The van der Waals surface area contributed by atoms with Crippen LogP contribution >= 0.6 is 0 Å². The minimum atomic E-state index is 0.164. The number of rotatable bonds is 3. The number of aromatic amines is 1. The van der Waals surface area contributed by atoms with E-state index < -0.39 is 0 Å². The van der Waals surface area contributed by atoms with E-state index in [0.717, 1.165) is 6.54 Å². The van der Waals surface area contributed by atoms with Gasteiger partial charge in [-0.2, -0.15) is 0 Å². The Bertz CT molecular complexity index is 1110. The van der Waals surface area contributed by atoms with Gasteiger partial charge in [0.15, 0.2) is 0 Å². The van der Waals surface area contributed by atoms with Crippen LogP contribution in [0.4, 0.5) is 11.4 Å². The number of fused-ring (bicyclic) bond motifs is 3. The van der Waals surface area contributed by atoms with Crippen LogP contribution in [0.5, 0.6) is 0 Å². The Balaban J connectivity index is 1.89. The number of hydrogen-bond donors (Lipinski definition) is 1. The molecule has 3 aromatic carbocycles. The third-order valence-electron chi connectivity index (χ3n) is 5.48. The second-order valence-corrected chi connectivity index (χ2v) is 8.37. The van der Waals surface area contributed by atoms with Crippen molar-refractivity contribution in [2.24, 2.45) is 0 Å². The molecule has 0 unspecified atom stereocenters. The van der Waals surface area contributed by atoms with Crippen molar-refractivity contribution >= 4 is 33.2 Å². The number of benzene rings is 3. The number of hydrogen-bond acceptors (Lipinski definition) is 1. The van der Waals surface area contributed by atoms with E-state index in [2.05, 4.69) is 105 Å². The average Bonchev–Trinajstić information content (AvgIpc) is 3.02. The van der Waals surface area contributed by atoms with Crippen LogP contribution in [0.3, 0.4) is 0 Å². The first-order valence-electron chi connectivity index (χ1n) is 9.78. The quantitative estimate of drug-likeness (QED) is 0.415. The second kappa shape index (κ2) is 6.45. The van der Waals surface area contributed by atoms with Crippen molar-refractivity contribution in [1.82, 2.24) is 4.98 Å². The van der Waals surface area contributed by atoms with Gasteiger partial charge in [-0.05, 0) is 48.6 Å². The van der Waals surface area contributed by atoms with E-state index in [1.807, 2.05) is 0 Å². The summed E-state index contributed by atoms with van der Waals surface area (Å²) in [6.07, 6.45) is 0. The summed E-state index contributed by atoms with van der Waals surface area (Å²) in [6.45, 7) is 12.2. The first-order chi connectivity index (χ1) is 12.9. The van der Waals surface area contributed by atoms with Crippen LogP contribution in [0.2, 0.25) is 0 Å². The van der Waals surface area contributed by atoms with Gasteiger partial charge in [-0.15, -0.1) is 0 Å². The van der Waals surface area contributed by atoms with E-state index in [9.17, 15) is 0 Å². The van der Waals surface area contributed by atoms with Crippen molar-refractivity contribution in [3.05, 3.63) is 71.8 Å². The maximum absolute atomic E-state index is 3.64. The van der Waals surface area contributed by atoms with Crippen LogP contribution in [-0.4, -0.2) is 11.5 Å². The van der Waals surface area contributed by atoms with Crippen molar-refractivity contribution in [1.29, 1.82) is 0 Å². The molecule has 4 aromatic rings. The number of aryl methyl sites for hydroxylation is 1. The van der Waals surface area contributed by atoms with Crippen molar-refractivity contribution in [3.8, 4) is 0 Å². The molecule has 138 valence electrons. The SMILES string of the molecule is CCN(c1ccc(C(C)(C)C)cc1C)c1cccc2c1[nH]c1ccccc12. The van der Waals surface area contributed by atoms with Gasteiger partial charge in [0.1, 0.15) is 0 Å². The molecule has 0 bridgehead atoms. The van der Waals surface area contributed by atoms with Gasteiger partial charge in [-0.3, -0.25) is 0 Å². The lowest BCUT2D eigenvalue weighted by Gasteiger charge is -2.28. The van der Waals surface area contributed by atoms with Crippen LogP contribution < -0.4 is 4.90 Å². The zero-order chi connectivity index (χ0) is 19.2. The number of nitrogens with zero attached hydrogens (tertiary/aromatic N) is 1. The van der Waals surface area contributed by atoms with E-state index in [0.29, 0.717) is 0 Å². The fraction of sp³-hybridized carbons (Fsp3) is 0.280. The molecule has 0 aliphatic heterocycles. The molecule has 0 spiro atoms. The molecule has 2 nitrogen and oxygen atoms in total. The molecule has 2 heteroatoms. The molecular formula is C25H28N2. The number of anilines is 2. The highest BCUT2D eigenvalue weighted by Gasteiger charge is 2.18. The Morgan fingerprint density at radius 1 is 0.852 bits per heavy atom. The number of para-hydroxylation sites is 2. The molecule has 0 radical (unpaired) electrons. The number of nitrogens with one attached hydrogen (secondary N) is 1. The Morgan fingerprint density at radius 2 is 1.59 bits per heavy atom. The lowest BCUT2D eigenvalue weighted by atomic mass is 9.86. The molecule has 0 aliphatic carbocycles. The molecule has 1 N–H and O–H groups in total. The van der Waals surface area contributed by atoms with E-state index >= 15 is 0 Å². The van der Waals surface area contributed by atoms with Gasteiger partial charge in [0.25, 0.3) is 0 Å². The third kappa shape index (κ3) is 2.99. The highest BCUT2D eigenvalue weighted by atomic mass is 15.1. The van der Waals surface area contributed by atoms with Gasteiger partial charge in [0.05, 0.1) is 11.2 Å². The largest absolute Gasteiger partial charge is 0.353 e. The van der Waals surface area contributed by atoms with E-state index in [-0.39, 0.29) is 5.41 Å². The summed E-state index contributed by atoms with van der Waals surface area (Å²) < 4.78 is 0. The highest BCUT2D eigenvalue weighted by molar-refractivity contribution is 6.11. The summed E-state index contributed by atoms with van der Waals surface area (Å²) in [5.74, 6) is 0. The Kier molecular flexibility index (Phi) is 4.22. The number of H-pyrrole nitrogens is 1. The van der Waals surface area contributed by atoms with E-state index in [4.69, 9.17) is 0 Å². The van der Waals surface area contributed by atoms with E-state index in [1.54, 1.807) is 0 Å². The van der Waals surface area contributed by atoms with Gasteiger partial charge < -0.3 is 9.88 Å². The third-order valence-corrected chi connectivity index (χ3v) is 5.48. The minimum Gasteiger partial charge on any atom is -0.353 e. The lowest BCUT2D eigenvalue weighted by Crippen LogP contribution is -2.18. The lowest BCUT2D eigenvalue weighted by molar-refractivity contribution is 0.589. The summed E-state index contributed by atoms with van der Waals surface area (Å²) in [5.41, 5.74) is 7.77. The first-order valence-corrected chi connectivity index (χ1v) is 9.78. The fourth-order valence-corrected chi connectivity index (χ4v) is 3.98. The minimum absolute atomic E-state index is 0.164. The second-order valence-electron chi connectivity index (χ2n) is 8.37. The predicted octanol–water partition coefficient (Wildman–Crippen LogP) is 7.09. The molecule has 0 saturated heterocycles. The average molecular weight is 357 g/mol. The zero-order valence-electron chi connectivity index (χ0n) is 16.9. The smallest absolute Gasteiger partial charge is 0.0706 e. The summed E-state index contributed by atoms with van der Waals surface area (Å²) in [5, 5.41) is 2.57. The summed E-state index contributed by atoms with van der Waals surface area (Å²) in [6, 6.07) is 22.0. The van der Waals surface area contributed by atoms with Crippen molar-refractivity contribution < 1.29 is 0 Å². The maximum Gasteiger partial charge on any atom is 0.0706 e. The number of aromatic nitrogens is 1. The van der Waals surface area contributed by atoms with E-state index in [1.165, 1.54) is 44.3 Å². The molecule has 1 heterocycles. The fourth-order valence-electron chi connectivity index (χ4n) is 3.98. The normalized spacial score (nSPS) is 12.0. The zero-order valence-corrected chi connectivity index (χ0v) is 16.9. The van der Waals surface area contributed by atoms with Crippen LogP contribution in [0, 0.1) is 6.92 Å². The standard InChI is InChI=1S/C25H28N2/c1-6-27(22-15-14-18(16-17(22)2)25(3,4)5)23-13-9-11-20-19-10-7-8-12-21(19)26-24(20)23/h7-16,26H,6H2,1-5H3. The topological polar surface area (TPSA) is 19.0 Å². The Hall–Kier alpha value is -2.74. The molecule has 0 atom stereocenters. The van der Waals surface area contributed by atoms with Gasteiger partial charge in [-0.1, -0.05) is 63.2 Å². The van der Waals surface area contributed by atoms with Gasteiger partial charge >= 0.3 is 0 Å². The molecule has 0 aliphatic rings. The summed E-state index contributed by atoms with van der Waals surface area (Å²) in [7, 11) is 0. The van der Waals surface area contributed by atoms with Crippen LogP contribution in [0.25, 0.3) is 21.8 Å². The van der Waals surface area contributed by atoms with Crippen LogP contribution in [0.1, 0.15) is 38.8 Å². The molecule has 4 rings (SSSR count). The molecule has 0 saturated carbocycles. The molecule has 0 amide bonds. The molecular weight excluding hydrogens is 328 g/mol. The van der Waals surface area contributed by atoms with Crippen molar-refractivity contribution in [3.63, 3.8) is 0 Å². The van der Waals surface area contributed by atoms with Gasteiger partial charge in [0.2, 0.25) is 0 Å². The summed E-state index contributed by atoms with van der Waals surface area (Å²) in [4.78, 5) is 6.06. The maximum atomic E-state index is 3.64. The van der Waals surface area contributed by atoms with Crippen LogP contribution in [-0.2, 0) is 5.41 Å². The van der Waals surface area contributed by atoms with Crippen molar-refractivity contribution in [2.75, 3.05) is 11.4 Å². The van der Waals surface area contributed by atoms with Crippen LogP contribution in [0.15, 0.2) is 60.7 Å². The molecule has 0 fully saturated rings. The monoisotopic (exact) mass is 356 g/mol. The highest BCUT2D eigenvalue weighted by Crippen LogP contribution is 2.37. The predicted molar refractivity (Wildman–Crippen MR) is 118 cm³/mol. The molecule has 1 aromatic heterocycles. The van der Waals surface area contributed by atoms with Gasteiger partial charge in [0, 0.05) is 28.5 Å². The Labute approximate surface area is 161 Å². The first kappa shape index (κ1) is 17.7. The van der Waals surface area contributed by atoms with Crippen molar-refractivity contribution in [2.45, 2.75) is 40.0 Å².